The molecular formula is C13H13F3N2O4. The number of pyridine rings is 1. The third kappa shape index (κ3) is 2.71. The fourth-order valence-electron chi connectivity index (χ4n) is 2.05. The van der Waals surface area contributed by atoms with Crippen LogP contribution in [0.3, 0.4) is 0 Å². The molecule has 120 valence electrons. The van der Waals surface area contributed by atoms with Gasteiger partial charge in [-0.15, -0.1) is 0 Å². The summed E-state index contributed by atoms with van der Waals surface area (Å²) in [6.45, 7) is -0.133. The topological polar surface area (TPSA) is 62.1 Å². The Morgan fingerprint density at radius 1 is 1.27 bits per heavy atom. The number of carbonyl (C=O) groups is 1. The van der Waals surface area contributed by atoms with Crippen LogP contribution in [-0.2, 0) is 22.3 Å². The van der Waals surface area contributed by atoms with Gasteiger partial charge in [0.05, 0.1) is 26.3 Å². The van der Waals surface area contributed by atoms with E-state index in [4.69, 9.17) is 9.47 Å². The molecule has 0 aliphatic heterocycles. The number of hydrogen-bond donors (Lipinski definition) is 0. The zero-order valence-electron chi connectivity index (χ0n) is 12.0. The maximum Gasteiger partial charge on any atom is 0.433 e. The van der Waals surface area contributed by atoms with Crippen LogP contribution in [0.4, 0.5) is 13.2 Å². The molecule has 0 amide bonds. The van der Waals surface area contributed by atoms with E-state index in [9.17, 15) is 18.0 Å². The van der Waals surface area contributed by atoms with Gasteiger partial charge in [0.2, 0.25) is 0 Å². The van der Waals surface area contributed by atoms with Crippen molar-refractivity contribution in [3.05, 3.63) is 29.1 Å². The molecule has 2 aromatic heterocycles. The highest BCUT2D eigenvalue weighted by molar-refractivity contribution is 5.98. The molecule has 0 aliphatic carbocycles. The number of aromatic nitrogens is 2. The molecule has 0 atom stereocenters. The summed E-state index contributed by atoms with van der Waals surface area (Å²) in [5.41, 5.74) is -1.17. The highest BCUT2D eigenvalue weighted by Gasteiger charge is 2.36. The molecule has 2 rings (SSSR count). The molecule has 6 nitrogen and oxygen atoms in total. The second-order valence-electron chi connectivity index (χ2n) is 4.32. The van der Waals surface area contributed by atoms with Gasteiger partial charge in [-0.05, 0) is 0 Å². The quantitative estimate of drug-likeness (QED) is 0.810. The number of methoxy groups -OCH3 is 3. The maximum atomic E-state index is 13.2. The van der Waals surface area contributed by atoms with E-state index in [1.807, 2.05) is 0 Å². The molecule has 0 unspecified atom stereocenters. The maximum absolute atomic E-state index is 13.2. The summed E-state index contributed by atoms with van der Waals surface area (Å²) in [6, 6.07) is 2.09. The van der Waals surface area contributed by atoms with Gasteiger partial charge in [-0.3, -0.25) is 0 Å². The molecule has 0 bridgehead atoms. The van der Waals surface area contributed by atoms with Crippen LogP contribution in [0.1, 0.15) is 21.7 Å². The number of esters is 1. The van der Waals surface area contributed by atoms with Gasteiger partial charge >= 0.3 is 12.1 Å². The average Bonchev–Trinajstić information content (AvgIpc) is 2.82. The molecule has 2 heterocycles. The Morgan fingerprint density at radius 2 is 1.95 bits per heavy atom. The zero-order valence-corrected chi connectivity index (χ0v) is 12.0. The van der Waals surface area contributed by atoms with Gasteiger partial charge in [0.1, 0.15) is 22.7 Å². The minimum Gasteiger partial charge on any atom is -0.497 e. The second-order valence-corrected chi connectivity index (χ2v) is 4.32. The van der Waals surface area contributed by atoms with Gasteiger partial charge in [0.15, 0.2) is 0 Å². The van der Waals surface area contributed by atoms with E-state index in [0.29, 0.717) is 4.52 Å². The van der Waals surface area contributed by atoms with Crippen LogP contribution in [0.5, 0.6) is 5.75 Å². The summed E-state index contributed by atoms with van der Waals surface area (Å²) in [6.07, 6.45) is -4.67. The molecular weight excluding hydrogens is 305 g/mol. The summed E-state index contributed by atoms with van der Waals surface area (Å²) in [5, 5.41) is 3.83. The number of nitrogens with zero attached hydrogens (tertiary/aromatic N) is 2. The number of ether oxygens (including phenoxy) is 3. The zero-order chi connectivity index (χ0) is 16.5. The minimum absolute atomic E-state index is 0.0474. The number of halogens is 3. The average molecular weight is 318 g/mol. The summed E-state index contributed by atoms with van der Waals surface area (Å²) in [4.78, 5) is 11.9. The molecule has 0 N–H and O–H groups in total. The Labute approximate surface area is 123 Å². The van der Waals surface area contributed by atoms with Crippen LogP contribution < -0.4 is 4.74 Å². The first-order valence-corrected chi connectivity index (χ1v) is 6.07. The minimum atomic E-state index is -4.67. The van der Waals surface area contributed by atoms with Crippen molar-refractivity contribution in [2.24, 2.45) is 0 Å². The number of alkyl halides is 3. The molecule has 0 aromatic carbocycles. The predicted octanol–water partition coefficient (Wildman–Crippen LogP) is 2.29. The fourth-order valence-corrected chi connectivity index (χ4v) is 2.05. The predicted molar refractivity (Wildman–Crippen MR) is 68.8 cm³/mol. The monoisotopic (exact) mass is 318 g/mol. The Bertz CT molecular complexity index is 709. The molecule has 0 radical (unpaired) electrons. The summed E-state index contributed by atoms with van der Waals surface area (Å²) >= 11 is 0. The van der Waals surface area contributed by atoms with E-state index in [1.165, 1.54) is 20.3 Å². The van der Waals surface area contributed by atoms with Crippen LogP contribution in [-0.4, -0.2) is 36.9 Å². The van der Waals surface area contributed by atoms with Crippen molar-refractivity contribution in [2.75, 3.05) is 21.3 Å². The van der Waals surface area contributed by atoms with Gasteiger partial charge in [0.25, 0.3) is 0 Å². The number of hydrogen-bond acceptors (Lipinski definition) is 5. The van der Waals surface area contributed by atoms with Crippen LogP contribution in [0.25, 0.3) is 5.52 Å². The van der Waals surface area contributed by atoms with E-state index in [2.05, 4.69) is 9.84 Å². The van der Waals surface area contributed by atoms with Crippen molar-refractivity contribution in [2.45, 2.75) is 12.8 Å². The highest BCUT2D eigenvalue weighted by Crippen LogP contribution is 2.34. The molecule has 0 aliphatic rings. The highest BCUT2D eigenvalue weighted by atomic mass is 19.4. The lowest BCUT2D eigenvalue weighted by molar-refractivity contribution is -0.142. The largest absolute Gasteiger partial charge is 0.497 e. The Kier molecular flexibility index (Phi) is 4.27. The van der Waals surface area contributed by atoms with Crippen LogP contribution in [0.2, 0.25) is 0 Å². The Hall–Kier alpha value is -2.29. The van der Waals surface area contributed by atoms with Gasteiger partial charge in [-0.1, -0.05) is 0 Å². The van der Waals surface area contributed by atoms with Gasteiger partial charge < -0.3 is 14.2 Å². The van der Waals surface area contributed by atoms with E-state index in [-0.39, 0.29) is 29.1 Å². The number of fused-ring (bicyclic) bond motifs is 1. The summed E-state index contributed by atoms with van der Waals surface area (Å²) in [7, 11) is 3.71. The van der Waals surface area contributed by atoms with Crippen molar-refractivity contribution in [3.8, 4) is 5.75 Å². The molecule has 0 spiro atoms. The van der Waals surface area contributed by atoms with E-state index in [1.54, 1.807) is 0 Å². The smallest absolute Gasteiger partial charge is 0.433 e. The van der Waals surface area contributed by atoms with Gasteiger partial charge in [0, 0.05) is 19.2 Å². The lowest BCUT2D eigenvalue weighted by Crippen LogP contribution is -2.13. The van der Waals surface area contributed by atoms with Crippen LogP contribution >= 0.6 is 0 Å². The molecule has 0 saturated carbocycles. The van der Waals surface area contributed by atoms with Crippen molar-refractivity contribution in [1.29, 1.82) is 0 Å². The molecule has 2 aromatic rings. The third-order valence-electron chi connectivity index (χ3n) is 2.98. The molecule has 0 saturated heterocycles. The standard InChI is InChI=1S/C13H13F3N2O4/c1-20-6-8-11(12(19)22-3)9-4-7(21-2)5-10(13(14,15)16)18(9)17-8/h4-5H,6H2,1-3H3. The van der Waals surface area contributed by atoms with Gasteiger partial charge in [-0.2, -0.15) is 18.3 Å². The lowest BCUT2D eigenvalue weighted by atomic mass is 10.2. The lowest BCUT2D eigenvalue weighted by Gasteiger charge is -2.11. The van der Waals surface area contributed by atoms with Crippen molar-refractivity contribution in [1.82, 2.24) is 9.61 Å². The normalized spacial score (nSPS) is 11.7. The molecule has 0 fully saturated rings. The number of rotatable bonds is 4. The first-order valence-electron chi connectivity index (χ1n) is 6.07. The first-order chi connectivity index (χ1) is 10.3. The summed E-state index contributed by atoms with van der Waals surface area (Å²) < 4.78 is 54.6. The van der Waals surface area contributed by atoms with E-state index in [0.717, 1.165) is 13.2 Å². The molecule has 22 heavy (non-hydrogen) atoms. The Morgan fingerprint density at radius 3 is 2.45 bits per heavy atom. The van der Waals surface area contributed by atoms with E-state index >= 15 is 0 Å². The second kappa shape index (κ2) is 5.84. The summed E-state index contributed by atoms with van der Waals surface area (Å²) in [5.74, 6) is -0.850. The van der Waals surface area contributed by atoms with E-state index < -0.39 is 17.8 Å². The van der Waals surface area contributed by atoms with Crippen LogP contribution in [0.15, 0.2) is 12.1 Å². The van der Waals surface area contributed by atoms with Crippen molar-refractivity contribution >= 4 is 11.5 Å². The fraction of sp³-hybridized carbons (Fsp3) is 0.385. The first kappa shape index (κ1) is 16.1. The van der Waals surface area contributed by atoms with Crippen molar-refractivity contribution < 1.29 is 32.2 Å². The Balaban J connectivity index is 2.86. The third-order valence-corrected chi connectivity index (χ3v) is 2.98. The van der Waals surface area contributed by atoms with Crippen LogP contribution in [0, 0.1) is 0 Å². The number of carbonyl (C=O) groups excluding carboxylic acids is 1. The molecule has 9 heteroatoms. The SMILES string of the molecule is COCc1nn2c(C(F)(F)F)cc(OC)cc2c1C(=O)OC. The van der Waals surface area contributed by atoms with Crippen molar-refractivity contribution in [3.63, 3.8) is 0 Å². The van der Waals surface area contributed by atoms with Gasteiger partial charge in [-0.25, -0.2) is 9.31 Å².